The third kappa shape index (κ3) is 3.60. The molecule has 100 valence electrons. The van der Waals surface area contributed by atoms with Gasteiger partial charge in [-0.2, -0.15) is 11.8 Å². The number of halogens is 2. The van der Waals surface area contributed by atoms with Gasteiger partial charge in [0, 0.05) is 11.3 Å². The molecule has 1 rings (SSSR count). The molecule has 6 heteroatoms. The number of thioether (sulfide) groups is 1. The summed E-state index contributed by atoms with van der Waals surface area (Å²) >= 11 is 1.56. The van der Waals surface area contributed by atoms with E-state index < -0.39 is 23.2 Å². The van der Waals surface area contributed by atoms with E-state index in [1.54, 1.807) is 11.8 Å². The zero-order chi connectivity index (χ0) is 13.9. The molecule has 2 N–H and O–H groups in total. The molecule has 1 aromatic rings. The molecule has 0 spiro atoms. The SMILES string of the molecule is CSC(C)(C)CNc1c(F)cc(C(=O)O)cc1F. The highest BCUT2D eigenvalue weighted by Gasteiger charge is 2.19. The van der Waals surface area contributed by atoms with E-state index in [1.807, 2.05) is 20.1 Å². The van der Waals surface area contributed by atoms with Crippen molar-refractivity contribution in [3.63, 3.8) is 0 Å². The van der Waals surface area contributed by atoms with Crippen molar-refractivity contribution in [2.75, 3.05) is 18.1 Å². The van der Waals surface area contributed by atoms with Crippen LogP contribution in [0.2, 0.25) is 0 Å². The summed E-state index contributed by atoms with van der Waals surface area (Å²) in [5.74, 6) is -3.16. The third-order valence-corrected chi connectivity index (χ3v) is 3.78. The molecular weight excluding hydrogens is 260 g/mol. The van der Waals surface area contributed by atoms with Gasteiger partial charge in [0.05, 0.1) is 5.56 Å². The molecule has 3 nitrogen and oxygen atoms in total. The lowest BCUT2D eigenvalue weighted by atomic mass is 10.1. The van der Waals surface area contributed by atoms with Crippen molar-refractivity contribution in [3.05, 3.63) is 29.3 Å². The largest absolute Gasteiger partial charge is 0.478 e. The van der Waals surface area contributed by atoms with Crippen molar-refractivity contribution in [1.82, 2.24) is 0 Å². The standard InChI is InChI=1S/C12H15F2NO2S/c1-12(2,18-3)6-15-10-8(13)4-7(11(16)17)5-9(10)14/h4-5,15H,6H2,1-3H3,(H,16,17). The molecule has 0 atom stereocenters. The summed E-state index contributed by atoms with van der Waals surface area (Å²) in [6.45, 7) is 4.24. The fourth-order valence-corrected chi connectivity index (χ4v) is 1.46. The minimum absolute atomic E-state index is 0.176. The van der Waals surface area contributed by atoms with Crippen LogP contribution in [0.3, 0.4) is 0 Å². The zero-order valence-corrected chi connectivity index (χ0v) is 11.2. The summed E-state index contributed by atoms with van der Waals surface area (Å²) in [7, 11) is 0. The summed E-state index contributed by atoms with van der Waals surface area (Å²) < 4.78 is 27.0. The highest BCUT2D eigenvalue weighted by Crippen LogP contribution is 2.25. The first-order chi connectivity index (χ1) is 8.26. The first-order valence-corrected chi connectivity index (χ1v) is 6.50. The van der Waals surface area contributed by atoms with Crippen molar-refractivity contribution in [2.45, 2.75) is 18.6 Å². The topological polar surface area (TPSA) is 49.3 Å². The van der Waals surface area contributed by atoms with Gasteiger partial charge >= 0.3 is 5.97 Å². The Morgan fingerprint density at radius 3 is 2.28 bits per heavy atom. The number of benzene rings is 1. The molecule has 0 fully saturated rings. The molecule has 0 amide bonds. The minimum Gasteiger partial charge on any atom is -0.478 e. The molecule has 0 radical (unpaired) electrons. The van der Waals surface area contributed by atoms with Crippen LogP contribution in [0, 0.1) is 11.6 Å². The van der Waals surface area contributed by atoms with Gasteiger partial charge in [-0.05, 0) is 32.2 Å². The lowest BCUT2D eigenvalue weighted by Gasteiger charge is -2.23. The van der Waals surface area contributed by atoms with Gasteiger partial charge in [0.25, 0.3) is 0 Å². The molecule has 0 bridgehead atoms. The summed E-state index contributed by atoms with van der Waals surface area (Å²) in [5.41, 5.74) is -0.693. The maximum Gasteiger partial charge on any atom is 0.335 e. The zero-order valence-electron chi connectivity index (χ0n) is 10.4. The Labute approximate surface area is 109 Å². The second-order valence-corrected chi connectivity index (χ2v) is 5.95. The maximum atomic E-state index is 13.6. The molecule has 0 aliphatic carbocycles. The quantitative estimate of drug-likeness (QED) is 0.866. The second-order valence-electron chi connectivity index (χ2n) is 4.44. The normalized spacial score (nSPS) is 11.4. The second kappa shape index (κ2) is 5.56. The number of carboxylic acids is 1. The highest BCUT2D eigenvalue weighted by atomic mass is 32.2. The molecule has 0 unspecified atom stereocenters. The smallest absolute Gasteiger partial charge is 0.335 e. The fourth-order valence-electron chi connectivity index (χ4n) is 1.24. The van der Waals surface area contributed by atoms with Crippen LogP contribution in [0.15, 0.2) is 12.1 Å². The summed E-state index contributed by atoms with van der Waals surface area (Å²) in [6.07, 6.45) is 1.90. The Kier molecular flexibility index (Phi) is 4.56. The number of hydrogen-bond donors (Lipinski definition) is 2. The molecule has 0 aliphatic rings. The lowest BCUT2D eigenvalue weighted by molar-refractivity contribution is 0.0696. The molecule has 0 heterocycles. The van der Waals surface area contributed by atoms with Gasteiger partial charge in [0.15, 0.2) is 0 Å². The van der Waals surface area contributed by atoms with E-state index in [0.717, 1.165) is 12.1 Å². The maximum absolute atomic E-state index is 13.6. The minimum atomic E-state index is -1.36. The van der Waals surface area contributed by atoms with Crippen LogP contribution in [0.5, 0.6) is 0 Å². The number of rotatable bonds is 5. The average Bonchev–Trinajstić information content (AvgIpc) is 2.27. The monoisotopic (exact) mass is 275 g/mol. The van der Waals surface area contributed by atoms with E-state index in [9.17, 15) is 13.6 Å². The van der Waals surface area contributed by atoms with E-state index in [2.05, 4.69) is 5.32 Å². The lowest BCUT2D eigenvalue weighted by Crippen LogP contribution is -2.26. The van der Waals surface area contributed by atoms with E-state index in [0.29, 0.717) is 6.54 Å². The summed E-state index contributed by atoms with van der Waals surface area (Å²) in [4.78, 5) is 10.6. The Hall–Kier alpha value is -1.30. The number of carboxylic acid groups (broad SMARTS) is 1. The summed E-state index contributed by atoms with van der Waals surface area (Å²) in [5, 5.41) is 11.3. The van der Waals surface area contributed by atoms with Crippen LogP contribution in [0.25, 0.3) is 0 Å². The Morgan fingerprint density at radius 2 is 1.89 bits per heavy atom. The van der Waals surface area contributed by atoms with E-state index in [4.69, 9.17) is 5.11 Å². The van der Waals surface area contributed by atoms with E-state index in [-0.39, 0.29) is 10.4 Å². The van der Waals surface area contributed by atoms with Crippen LogP contribution in [0.1, 0.15) is 24.2 Å². The predicted molar refractivity (Wildman–Crippen MR) is 69.4 cm³/mol. The van der Waals surface area contributed by atoms with Gasteiger partial charge < -0.3 is 10.4 Å². The van der Waals surface area contributed by atoms with Crippen LogP contribution in [0.4, 0.5) is 14.5 Å². The predicted octanol–water partition coefficient (Wildman–Crippen LogP) is 3.22. The van der Waals surface area contributed by atoms with Crippen molar-refractivity contribution in [1.29, 1.82) is 0 Å². The molecule has 0 aromatic heterocycles. The number of carbonyl (C=O) groups is 1. The Morgan fingerprint density at radius 1 is 1.39 bits per heavy atom. The van der Waals surface area contributed by atoms with E-state index in [1.165, 1.54) is 0 Å². The number of anilines is 1. The molecule has 0 saturated heterocycles. The van der Waals surface area contributed by atoms with Gasteiger partial charge in [-0.1, -0.05) is 0 Å². The number of hydrogen-bond acceptors (Lipinski definition) is 3. The van der Waals surface area contributed by atoms with Gasteiger partial charge in [0.1, 0.15) is 17.3 Å². The highest BCUT2D eigenvalue weighted by molar-refractivity contribution is 7.99. The van der Waals surface area contributed by atoms with Crippen molar-refractivity contribution < 1.29 is 18.7 Å². The summed E-state index contributed by atoms with van der Waals surface area (Å²) in [6, 6.07) is 1.61. The van der Waals surface area contributed by atoms with Crippen LogP contribution < -0.4 is 5.32 Å². The Balaban J connectivity index is 2.94. The van der Waals surface area contributed by atoms with Gasteiger partial charge in [0.2, 0.25) is 0 Å². The molecule has 0 saturated carbocycles. The molecule has 18 heavy (non-hydrogen) atoms. The van der Waals surface area contributed by atoms with Crippen LogP contribution in [-0.2, 0) is 0 Å². The number of aromatic carboxylic acids is 1. The first kappa shape index (κ1) is 14.8. The molecule has 0 aliphatic heterocycles. The van der Waals surface area contributed by atoms with Crippen molar-refractivity contribution >= 4 is 23.4 Å². The Bertz CT molecular complexity index is 440. The first-order valence-electron chi connectivity index (χ1n) is 5.28. The van der Waals surface area contributed by atoms with Crippen LogP contribution in [-0.4, -0.2) is 28.6 Å². The van der Waals surface area contributed by atoms with Gasteiger partial charge in [-0.3, -0.25) is 0 Å². The van der Waals surface area contributed by atoms with E-state index >= 15 is 0 Å². The molecular formula is C12H15F2NO2S. The fraction of sp³-hybridized carbons (Fsp3) is 0.417. The number of nitrogens with one attached hydrogen (secondary N) is 1. The van der Waals surface area contributed by atoms with Gasteiger partial charge in [-0.15, -0.1) is 0 Å². The van der Waals surface area contributed by atoms with Crippen molar-refractivity contribution in [3.8, 4) is 0 Å². The van der Waals surface area contributed by atoms with Crippen molar-refractivity contribution in [2.24, 2.45) is 0 Å². The average molecular weight is 275 g/mol. The van der Waals surface area contributed by atoms with Gasteiger partial charge in [-0.25, -0.2) is 13.6 Å². The van der Waals surface area contributed by atoms with Crippen LogP contribution >= 0.6 is 11.8 Å². The third-order valence-electron chi connectivity index (χ3n) is 2.53. The molecule has 1 aromatic carbocycles.